The molecule has 0 radical (unpaired) electrons. The Labute approximate surface area is 235 Å². The molecule has 208 valence electrons. The van der Waals surface area contributed by atoms with E-state index in [1.54, 1.807) is 0 Å². The number of thioether (sulfide) groups is 2. The van der Waals surface area contributed by atoms with Crippen molar-refractivity contribution in [3.05, 3.63) is 34.0 Å². The Morgan fingerprint density at radius 3 is 2.83 bits per heavy atom. The van der Waals surface area contributed by atoms with Gasteiger partial charge in [0.05, 0.1) is 6.42 Å². The zero-order valence-corrected chi connectivity index (χ0v) is 22.7. The number of nitrogens with one attached hydrogen (secondary N) is 1. The van der Waals surface area contributed by atoms with E-state index in [0.717, 1.165) is 32.6 Å². The number of carboxylic acid groups (broad SMARTS) is 2. The maximum atomic E-state index is 13.0. The van der Waals surface area contributed by atoms with Gasteiger partial charge >= 0.3 is 11.9 Å². The van der Waals surface area contributed by atoms with E-state index in [4.69, 9.17) is 10.6 Å². The van der Waals surface area contributed by atoms with Crippen molar-refractivity contribution in [3.63, 3.8) is 0 Å². The molecule has 0 saturated carbocycles. The lowest BCUT2D eigenvalue weighted by Gasteiger charge is -2.49. The number of β-lactam (4-membered cyclic amide) rings is 1. The molecule has 5 rings (SSSR count). The van der Waals surface area contributed by atoms with Crippen molar-refractivity contribution in [1.82, 2.24) is 40.5 Å². The van der Waals surface area contributed by atoms with Gasteiger partial charge in [0.25, 0.3) is 11.8 Å². The van der Waals surface area contributed by atoms with E-state index in [-0.39, 0.29) is 45.8 Å². The number of carboxylic acids is 2. The number of hydrogen-bond donors (Lipinski definition) is 4. The number of thiazole rings is 1. The van der Waals surface area contributed by atoms with Crippen LogP contribution in [0.2, 0.25) is 0 Å². The molecule has 1 unspecified atom stereocenters. The Morgan fingerprint density at radius 2 is 2.15 bits per heavy atom. The predicted octanol–water partition coefficient (Wildman–Crippen LogP) is -0.933. The molecule has 5 N–H and O–H groups in total. The van der Waals surface area contributed by atoms with Gasteiger partial charge in [0, 0.05) is 22.4 Å². The molecule has 3 aromatic heterocycles. The Hall–Kier alpha value is -4.30. The van der Waals surface area contributed by atoms with Crippen LogP contribution in [0.4, 0.5) is 5.13 Å². The number of nitrogens with zero attached hydrogens (tertiary/aromatic N) is 8. The Bertz CT molecular complexity index is 1600. The summed E-state index contributed by atoms with van der Waals surface area (Å²) in [6, 6.07) is 0.529. The molecule has 0 bridgehead atoms. The molecule has 2 aliphatic heterocycles. The molecule has 1 fully saturated rings. The minimum absolute atomic E-state index is 0.144. The molecule has 5 heterocycles. The molecule has 2 aliphatic rings. The predicted molar refractivity (Wildman–Crippen MR) is 140 cm³/mol. The molecule has 0 spiro atoms. The molecule has 2 atom stereocenters. The molecule has 3 aromatic rings. The average Bonchev–Trinajstić information content (AvgIpc) is 3.57. The fourth-order valence-corrected chi connectivity index (χ4v) is 6.94. The SMILES string of the molecule is CON=C(C(=O)NC1C(=O)N2C(C(=O)O)=C(CSc3cc(CC(=O)O)c4nnnn4n3)CS[C@@H]12)c1csc(N)n1. The number of fused-ring (bicyclic) bond motifs is 2. The van der Waals surface area contributed by atoms with Gasteiger partial charge in [-0.15, -0.1) is 49.7 Å². The Kier molecular flexibility index (Phi) is 7.54. The van der Waals surface area contributed by atoms with Crippen molar-refractivity contribution in [2.45, 2.75) is 22.9 Å². The lowest BCUT2D eigenvalue weighted by atomic mass is 10.0. The number of tetrazole rings is 1. The van der Waals surface area contributed by atoms with Gasteiger partial charge in [0.15, 0.2) is 10.8 Å². The third kappa shape index (κ3) is 5.14. The van der Waals surface area contributed by atoms with Crippen LogP contribution in [0.3, 0.4) is 0 Å². The topological polar surface area (TPSA) is 240 Å². The second kappa shape index (κ2) is 11.1. The van der Waals surface area contributed by atoms with Gasteiger partial charge < -0.3 is 26.1 Å². The van der Waals surface area contributed by atoms with Crippen LogP contribution in [0.15, 0.2) is 32.9 Å². The first-order valence-electron chi connectivity index (χ1n) is 11.1. The smallest absolute Gasteiger partial charge is 0.352 e. The zero-order chi connectivity index (χ0) is 28.6. The van der Waals surface area contributed by atoms with Gasteiger partial charge in [0.1, 0.15) is 34.9 Å². The molecule has 0 aromatic carbocycles. The van der Waals surface area contributed by atoms with Gasteiger partial charge in [-0.2, -0.15) is 0 Å². The largest absolute Gasteiger partial charge is 0.481 e. The third-order valence-electron chi connectivity index (χ3n) is 5.67. The summed E-state index contributed by atoms with van der Waals surface area (Å²) in [7, 11) is 1.25. The fraction of sp³-hybridized carbons (Fsp3) is 0.300. The number of nitrogen functional groups attached to an aromatic ring is 1. The number of aliphatic carboxylic acids is 2. The highest BCUT2D eigenvalue weighted by molar-refractivity contribution is 8.01. The van der Waals surface area contributed by atoms with Gasteiger partial charge in [0.2, 0.25) is 5.65 Å². The van der Waals surface area contributed by atoms with E-state index in [9.17, 15) is 29.4 Å². The summed E-state index contributed by atoms with van der Waals surface area (Å²) < 4.78 is 1.10. The highest BCUT2D eigenvalue weighted by atomic mass is 32.2. The first-order valence-corrected chi connectivity index (χ1v) is 14.1. The van der Waals surface area contributed by atoms with Gasteiger partial charge in [-0.3, -0.25) is 19.3 Å². The van der Waals surface area contributed by atoms with Crippen LogP contribution in [-0.2, 0) is 30.4 Å². The maximum Gasteiger partial charge on any atom is 0.352 e. The molecule has 2 amide bonds. The number of hydrogen-bond acceptors (Lipinski definition) is 15. The van der Waals surface area contributed by atoms with Crippen LogP contribution < -0.4 is 11.1 Å². The number of nitrogens with two attached hydrogens (primary N) is 1. The van der Waals surface area contributed by atoms with Crippen molar-refractivity contribution >= 4 is 75.1 Å². The zero-order valence-electron chi connectivity index (χ0n) is 20.2. The summed E-state index contributed by atoms with van der Waals surface area (Å²) in [5, 5.41) is 42.1. The second-order valence-corrected chi connectivity index (χ2v) is 11.2. The van der Waals surface area contributed by atoms with Crippen molar-refractivity contribution in [2.75, 3.05) is 24.3 Å². The van der Waals surface area contributed by atoms with Crippen LogP contribution in [-0.4, -0.2) is 105 Å². The highest BCUT2D eigenvalue weighted by Crippen LogP contribution is 2.41. The van der Waals surface area contributed by atoms with Crippen molar-refractivity contribution in [1.29, 1.82) is 0 Å². The number of carbonyl (C=O) groups is 4. The van der Waals surface area contributed by atoms with Crippen LogP contribution in [0.5, 0.6) is 0 Å². The molecule has 40 heavy (non-hydrogen) atoms. The van der Waals surface area contributed by atoms with E-state index in [1.165, 1.54) is 30.3 Å². The minimum Gasteiger partial charge on any atom is -0.481 e. The number of aromatic nitrogens is 6. The highest BCUT2D eigenvalue weighted by Gasteiger charge is 2.54. The molecule has 0 aliphatic carbocycles. The quantitative estimate of drug-likeness (QED) is 0.0943. The standard InChI is InChI=1S/C20H18N10O7S3/c1-37-26-12(9-6-40-20(21)22-9)16(33)23-13-17(34)29-14(19(35)36)8(5-39-18(13)29)4-38-10-2-7(3-11(31)32)15-24-27-28-30(15)25-10/h2,6,13,18H,3-5H2,1H3,(H2,21,22)(H,23,33)(H,31,32)(H,35,36)/t13?,18-/m0/s1. The van der Waals surface area contributed by atoms with E-state index >= 15 is 0 Å². The Balaban J connectivity index is 1.32. The first kappa shape index (κ1) is 27.3. The molecule has 1 saturated heterocycles. The van der Waals surface area contributed by atoms with Crippen molar-refractivity contribution in [2.24, 2.45) is 5.16 Å². The molecule has 17 nitrogen and oxygen atoms in total. The van der Waals surface area contributed by atoms with Gasteiger partial charge in [-0.1, -0.05) is 5.16 Å². The van der Waals surface area contributed by atoms with E-state index in [2.05, 4.69) is 36.1 Å². The lowest BCUT2D eigenvalue weighted by Crippen LogP contribution is -2.71. The summed E-state index contributed by atoms with van der Waals surface area (Å²) in [5.41, 5.74) is 6.45. The maximum absolute atomic E-state index is 13.0. The van der Waals surface area contributed by atoms with E-state index in [1.807, 2.05) is 0 Å². The van der Waals surface area contributed by atoms with Crippen molar-refractivity contribution in [3.8, 4) is 0 Å². The summed E-state index contributed by atoms with van der Waals surface area (Å²) in [6.07, 6.45) is -0.331. The first-order chi connectivity index (χ1) is 19.2. The van der Waals surface area contributed by atoms with Gasteiger partial charge in [-0.05, 0) is 22.1 Å². The van der Waals surface area contributed by atoms with Gasteiger partial charge in [-0.25, -0.2) is 9.78 Å². The monoisotopic (exact) mass is 606 g/mol. The number of rotatable bonds is 10. The number of amides is 2. The average molecular weight is 607 g/mol. The summed E-state index contributed by atoms with van der Waals surface area (Å²) in [5.74, 6) is -3.30. The van der Waals surface area contributed by atoms with Crippen molar-refractivity contribution < 1.29 is 34.2 Å². The minimum atomic E-state index is -1.30. The van der Waals surface area contributed by atoms with Crippen LogP contribution in [0.1, 0.15) is 11.3 Å². The summed E-state index contributed by atoms with van der Waals surface area (Å²) in [4.78, 5) is 59.3. The molecular formula is C20H18N10O7S3. The second-order valence-electron chi connectivity index (χ2n) is 8.17. The van der Waals surface area contributed by atoms with Crippen LogP contribution in [0.25, 0.3) is 5.65 Å². The van der Waals surface area contributed by atoms with Crippen LogP contribution in [0, 0.1) is 0 Å². The third-order valence-corrected chi connectivity index (χ3v) is 8.67. The number of anilines is 1. The molecular weight excluding hydrogens is 588 g/mol. The summed E-state index contributed by atoms with van der Waals surface area (Å²) in [6.45, 7) is 0. The van der Waals surface area contributed by atoms with Crippen LogP contribution >= 0.6 is 34.9 Å². The number of carbonyl (C=O) groups excluding carboxylic acids is 2. The number of oxime groups is 1. The van der Waals surface area contributed by atoms with E-state index in [0.29, 0.717) is 16.2 Å². The molecule has 20 heteroatoms. The summed E-state index contributed by atoms with van der Waals surface area (Å²) >= 11 is 3.54. The normalized spacial score (nSPS) is 18.9. The Morgan fingerprint density at radius 1 is 1.35 bits per heavy atom. The lowest BCUT2D eigenvalue weighted by molar-refractivity contribution is -0.150. The fourth-order valence-electron chi connectivity index (χ4n) is 4.00. The van der Waals surface area contributed by atoms with E-state index < -0.39 is 35.2 Å².